The van der Waals surface area contributed by atoms with Crippen LogP contribution in [0.15, 0.2) is 0 Å². The molecule has 1 saturated carbocycles. The molecule has 1 aliphatic rings. The van der Waals surface area contributed by atoms with E-state index < -0.39 is 0 Å². The average Bonchev–Trinajstić information content (AvgIpc) is 2.40. The molecule has 0 bridgehead atoms. The summed E-state index contributed by atoms with van der Waals surface area (Å²) in [7, 11) is 1.77. The van der Waals surface area contributed by atoms with Crippen molar-refractivity contribution in [1.82, 2.24) is 10.2 Å². The van der Waals surface area contributed by atoms with E-state index >= 15 is 0 Å². The Labute approximate surface area is 117 Å². The van der Waals surface area contributed by atoms with Gasteiger partial charge in [-0.05, 0) is 18.3 Å². The number of nitriles is 1. The van der Waals surface area contributed by atoms with E-state index in [4.69, 9.17) is 5.26 Å². The summed E-state index contributed by atoms with van der Waals surface area (Å²) in [6.07, 6.45) is 4.78. The number of carbonyl (C=O) groups excluding carboxylic acids is 1. The van der Waals surface area contributed by atoms with Crippen LogP contribution in [-0.2, 0) is 4.79 Å². The molecule has 1 N–H and O–H groups in total. The third kappa shape index (κ3) is 5.20. The van der Waals surface area contributed by atoms with Crippen molar-refractivity contribution in [3.8, 4) is 6.07 Å². The first-order valence-corrected chi connectivity index (χ1v) is 7.40. The van der Waals surface area contributed by atoms with Gasteiger partial charge in [0.1, 0.15) is 0 Å². The topological polar surface area (TPSA) is 56.1 Å². The predicted octanol–water partition coefficient (Wildman–Crippen LogP) is 2.16. The van der Waals surface area contributed by atoms with E-state index in [1.807, 2.05) is 0 Å². The van der Waals surface area contributed by atoms with E-state index in [2.05, 4.69) is 25.2 Å². The second-order valence-electron chi connectivity index (χ2n) is 5.80. The minimum absolute atomic E-state index is 0.124. The number of amides is 1. The van der Waals surface area contributed by atoms with Gasteiger partial charge in [-0.2, -0.15) is 5.26 Å². The van der Waals surface area contributed by atoms with Crippen LogP contribution in [0.3, 0.4) is 0 Å². The molecule has 1 amide bonds. The second kappa shape index (κ2) is 8.16. The molecule has 1 fully saturated rings. The number of hydrogen-bond donors (Lipinski definition) is 1. The van der Waals surface area contributed by atoms with Crippen molar-refractivity contribution >= 4 is 5.91 Å². The van der Waals surface area contributed by atoms with E-state index in [1.165, 1.54) is 19.3 Å². The Bertz CT molecular complexity index is 324. The second-order valence-corrected chi connectivity index (χ2v) is 5.80. The summed E-state index contributed by atoms with van der Waals surface area (Å²) in [6, 6.07) is 2.62. The van der Waals surface area contributed by atoms with Gasteiger partial charge in [0.15, 0.2) is 0 Å². The van der Waals surface area contributed by atoms with Gasteiger partial charge in [-0.15, -0.1) is 0 Å². The Balaban J connectivity index is 2.22. The zero-order valence-electron chi connectivity index (χ0n) is 12.5. The summed E-state index contributed by atoms with van der Waals surface area (Å²) in [4.78, 5) is 13.5. The van der Waals surface area contributed by atoms with Gasteiger partial charge in [-0.3, -0.25) is 4.79 Å². The van der Waals surface area contributed by atoms with Gasteiger partial charge in [-0.25, -0.2) is 0 Å². The van der Waals surface area contributed by atoms with E-state index in [9.17, 15) is 4.79 Å². The van der Waals surface area contributed by atoms with Gasteiger partial charge < -0.3 is 10.2 Å². The molecule has 0 saturated heterocycles. The Morgan fingerprint density at radius 2 is 2.16 bits per heavy atom. The molecule has 3 atom stereocenters. The van der Waals surface area contributed by atoms with Crippen LogP contribution in [0.4, 0.5) is 0 Å². The highest BCUT2D eigenvalue weighted by Crippen LogP contribution is 2.29. The Hall–Kier alpha value is -1.08. The van der Waals surface area contributed by atoms with Crippen LogP contribution in [0, 0.1) is 23.2 Å². The standard InChI is InChI=1S/C15H27N3O/c1-12-6-4-7-14(13(12)2)17-10-8-15(19)18(3)11-5-9-16/h12-14,17H,4-8,10-11H2,1-3H3/t12-,13-,14+/m1/s1. The normalized spacial score (nSPS) is 26.7. The molecule has 1 rings (SSSR count). The fraction of sp³-hybridized carbons (Fsp3) is 0.867. The molecular weight excluding hydrogens is 238 g/mol. The molecule has 0 spiro atoms. The molecule has 0 heterocycles. The maximum atomic E-state index is 11.8. The Morgan fingerprint density at radius 1 is 1.42 bits per heavy atom. The van der Waals surface area contributed by atoms with Gasteiger partial charge in [0.2, 0.25) is 5.91 Å². The first-order valence-electron chi connectivity index (χ1n) is 7.40. The average molecular weight is 265 g/mol. The first kappa shape index (κ1) is 16.0. The van der Waals surface area contributed by atoms with Crippen LogP contribution in [0.5, 0.6) is 0 Å². The number of rotatable bonds is 6. The summed E-state index contributed by atoms with van der Waals surface area (Å²) in [6.45, 7) is 5.91. The van der Waals surface area contributed by atoms with E-state index in [0.29, 0.717) is 31.3 Å². The van der Waals surface area contributed by atoms with Crippen LogP contribution in [0.25, 0.3) is 0 Å². The summed E-state index contributed by atoms with van der Waals surface area (Å²) in [5.41, 5.74) is 0. The molecule has 0 unspecified atom stereocenters. The van der Waals surface area contributed by atoms with Crippen LogP contribution < -0.4 is 5.32 Å². The Morgan fingerprint density at radius 3 is 2.84 bits per heavy atom. The van der Waals surface area contributed by atoms with Crippen LogP contribution in [-0.4, -0.2) is 37.0 Å². The summed E-state index contributed by atoms with van der Waals surface area (Å²) in [5, 5.41) is 12.0. The maximum Gasteiger partial charge on any atom is 0.223 e. The maximum absolute atomic E-state index is 11.8. The fourth-order valence-corrected chi connectivity index (χ4v) is 2.77. The summed E-state index contributed by atoms with van der Waals surface area (Å²) >= 11 is 0. The lowest BCUT2D eigenvalue weighted by atomic mass is 9.78. The van der Waals surface area contributed by atoms with Crippen molar-refractivity contribution < 1.29 is 4.79 Å². The highest BCUT2D eigenvalue weighted by Gasteiger charge is 2.26. The molecule has 1 aliphatic carbocycles. The minimum Gasteiger partial charge on any atom is -0.345 e. The van der Waals surface area contributed by atoms with Crippen LogP contribution in [0.2, 0.25) is 0 Å². The van der Waals surface area contributed by atoms with Crippen molar-refractivity contribution in [2.24, 2.45) is 11.8 Å². The highest BCUT2D eigenvalue weighted by molar-refractivity contribution is 5.76. The lowest BCUT2D eigenvalue weighted by Crippen LogP contribution is -2.42. The molecule has 0 aromatic rings. The van der Waals surface area contributed by atoms with Crippen molar-refractivity contribution in [1.29, 1.82) is 5.26 Å². The fourth-order valence-electron chi connectivity index (χ4n) is 2.77. The van der Waals surface area contributed by atoms with Crippen molar-refractivity contribution in [3.63, 3.8) is 0 Å². The lowest BCUT2D eigenvalue weighted by molar-refractivity contribution is -0.129. The van der Waals surface area contributed by atoms with E-state index in [0.717, 1.165) is 12.5 Å². The molecule has 19 heavy (non-hydrogen) atoms. The number of carbonyl (C=O) groups is 1. The van der Waals surface area contributed by atoms with Gasteiger partial charge >= 0.3 is 0 Å². The SMILES string of the molecule is C[C@@H]1[C@H](C)CCC[C@@H]1NCCC(=O)N(C)CCC#N. The van der Waals surface area contributed by atoms with E-state index in [1.54, 1.807) is 11.9 Å². The molecule has 0 aromatic carbocycles. The van der Waals surface area contributed by atoms with Gasteiger partial charge in [0.25, 0.3) is 0 Å². The largest absolute Gasteiger partial charge is 0.345 e. The lowest BCUT2D eigenvalue weighted by Gasteiger charge is -2.34. The number of nitrogens with zero attached hydrogens (tertiary/aromatic N) is 2. The highest BCUT2D eigenvalue weighted by atomic mass is 16.2. The molecule has 4 nitrogen and oxygen atoms in total. The third-order valence-electron chi connectivity index (χ3n) is 4.44. The van der Waals surface area contributed by atoms with E-state index in [-0.39, 0.29) is 5.91 Å². The number of nitrogens with one attached hydrogen (secondary N) is 1. The molecule has 0 radical (unpaired) electrons. The minimum atomic E-state index is 0.124. The molecule has 0 aromatic heterocycles. The van der Waals surface area contributed by atoms with Gasteiger partial charge in [0, 0.05) is 32.6 Å². The zero-order valence-corrected chi connectivity index (χ0v) is 12.5. The molecular formula is C15H27N3O. The number of hydrogen-bond acceptors (Lipinski definition) is 3. The zero-order chi connectivity index (χ0) is 14.3. The van der Waals surface area contributed by atoms with Gasteiger partial charge in [-0.1, -0.05) is 26.7 Å². The van der Waals surface area contributed by atoms with Crippen molar-refractivity contribution in [2.45, 2.75) is 52.0 Å². The quantitative estimate of drug-likeness (QED) is 0.800. The first-order chi connectivity index (χ1) is 9.06. The Kier molecular flexibility index (Phi) is 6.86. The van der Waals surface area contributed by atoms with Crippen molar-refractivity contribution in [3.05, 3.63) is 0 Å². The van der Waals surface area contributed by atoms with Crippen LogP contribution >= 0.6 is 0 Å². The monoisotopic (exact) mass is 265 g/mol. The summed E-state index contributed by atoms with van der Waals surface area (Å²) < 4.78 is 0. The van der Waals surface area contributed by atoms with Crippen molar-refractivity contribution in [2.75, 3.05) is 20.1 Å². The predicted molar refractivity (Wildman–Crippen MR) is 76.5 cm³/mol. The smallest absolute Gasteiger partial charge is 0.223 e. The summed E-state index contributed by atoms with van der Waals surface area (Å²) in [5.74, 6) is 1.60. The molecule has 4 heteroatoms. The van der Waals surface area contributed by atoms with Crippen LogP contribution in [0.1, 0.15) is 46.0 Å². The van der Waals surface area contributed by atoms with Gasteiger partial charge in [0.05, 0.1) is 12.5 Å². The molecule has 108 valence electrons. The molecule has 0 aliphatic heterocycles. The third-order valence-corrected chi connectivity index (χ3v) is 4.44.